The number of alkyl carbamates (subject to hydrolysis) is 1. The zero-order chi connectivity index (χ0) is 21.8. The smallest absolute Gasteiger partial charge is 0.408 e. The van der Waals surface area contributed by atoms with Gasteiger partial charge in [0.05, 0.1) is 6.04 Å². The molecule has 2 amide bonds. The molecule has 7 nitrogen and oxygen atoms in total. The van der Waals surface area contributed by atoms with Gasteiger partial charge in [-0.2, -0.15) is 0 Å². The Morgan fingerprint density at radius 2 is 1.62 bits per heavy atom. The quantitative estimate of drug-likeness (QED) is 0.517. The van der Waals surface area contributed by atoms with Crippen LogP contribution in [0.3, 0.4) is 0 Å². The topological polar surface area (TPSA) is 85.9 Å². The number of benzene rings is 1. The highest BCUT2D eigenvalue weighted by Gasteiger charge is 2.31. The highest BCUT2D eigenvalue weighted by Crippen LogP contribution is 2.15. The van der Waals surface area contributed by atoms with Crippen molar-refractivity contribution in [1.82, 2.24) is 10.6 Å². The minimum atomic E-state index is -0.709. The van der Waals surface area contributed by atoms with Crippen LogP contribution in [0.25, 0.3) is 0 Å². The van der Waals surface area contributed by atoms with Gasteiger partial charge in [0.15, 0.2) is 6.29 Å². The van der Waals surface area contributed by atoms with E-state index >= 15 is 0 Å². The van der Waals surface area contributed by atoms with E-state index in [1.807, 2.05) is 58.0 Å². The molecule has 2 N–H and O–H groups in total. The molecule has 0 fully saturated rings. The summed E-state index contributed by atoms with van der Waals surface area (Å²) in [5.74, 6) is 0.0659. The molecular formula is C22H36N2O5. The molecule has 1 rings (SSSR count). The summed E-state index contributed by atoms with van der Waals surface area (Å²) in [5.41, 5.74) is 0.882. The van der Waals surface area contributed by atoms with Crippen LogP contribution < -0.4 is 10.6 Å². The van der Waals surface area contributed by atoms with Crippen molar-refractivity contribution in [3.05, 3.63) is 35.9 Å². The molecule has 0 saturated heterocycles. The average Bonchev–Trinajstić information content (AvgIpc) is 2.71. The van der Waals surface area contributed by atoms with Crippen LogP contribution in [-0.4, -0.2) is 44.6 Å². The second-order valence-corrected chi connectivity index (χ2v) is 7.65. The van der Waals surface area contributed by atoms with Crippen LogP contribution in [0.15, 0.2) is 30.3 Å². The summed E-state index contributed by atoms with van der Waals surface area (Å²) >= 11 is 0. The summed E-state index contributed by atoms with van der Waals surface area (Å²) in [6.45, 7) is 8.20. The van der Waals surface area contributed by atoms with Gasteiger partial charge in [-0.15, -0.1) is 0 Å². The SMILES string of the molecule is CCC(C)C(NC(=O)[C@H](CC(C)C)NC(=O)OCc1ccccc1)C(OC)OC. The van der Waals surface area contributed by atoms with Crippen LogP contribution >= 0.6 is 0 Å². The number of hydrogen-bond acceptors (Lipinski definition) is 5. The Balaban J connectivity index is 2.78. The van der Waals surface area contributed by atoms with Gasteiger partial charge in [-0.25, -0.2) is 4.79 Å². The van der Waals surface area contributed by atoms with Gasteiger partial charge in [0.2, 0.25) is 5.91 Å². The van der Waals surface area contributed by atoms with Gasteiger partial charge in [-0.1, -0.05) is 64.4 Å². The minimum absolute atomic E-state index is 0.133. The third-order valence-corrected chi connectivity index (χ3v) is 4.85. The first kappa shape index (κ1) is 24.9. The van der Waals surface area contributed by atoms with Gasteiger partial charge < -0.3 is 24.8 Å². The summed E-state index contributed by atoms with van der Waals surface area (Å²) in [4.78, 5) is 25.2. The van der Waals surface area contributed by atoms with Crippen molar-refractivity contribution in [3.63, 3.8) is 0 Å². The Labute approximate surface area is 174 Å². The first-order chi connectivity index (χ1) is 13.8. The van der Waals surface area contributed by atoms with Crippen molar-refractivity contribution in [3.8, 4) is 0 Å². The third-order valence-electron chi connectivity index (χ3n) is 4.85. The molecule has 7 heteroatoms. The van der Waals surface area contributed by atoms with Crippen LogP contribution in [0.4, 0.5) is 4.79 Å². The predicted molar refractivity (Wildman–Crippen MR) is 112 cm³/mol. The lowest BCUT2D eigenvalue weighted by Gasteiger charge is -2.32. The molecule has 0 aliphatic heterocycles. The molecule has 0 aromatic heterocycles. The number of hydrogen-bond donors (Lipinski definition) is 2. The fourth-order valence-corrected chi connectivity index (χ4v) is 3.00. The summed E-state index contributed by atoms with van der Waals surface area (Å²) in [6.07, 6.45) is 0.142. The van der Waals surface area contributed by atoms with Gasteiger partial charge in [0.1, 0.15) is 12.6 Å². The summed E-state index contributed by atoms with van der Waals surface area (Å²) in [7, 11) is 3.08. The molecule has 0 aliphatic rings. The average molecular weight is 409 g/mol. The Morgan fingerprint density at radius 3 is 2.14 bits per heavy atom. The maximum atomic E-state index is 13.0. The highest BCUT2D eigenvalue weighted by molar-refractivity contribution is 5.85. The maximum absolute atomic E-state index is 13.0. The lowest BCUT2D eigenvalue weighted by atomic mass is 9.97. The number of amides is 2. The first-order valence-corrected chi connectivity index (χ1v) is 10.1. The molecular weight excluding hydrogens is 372 g/mol. The Bertz CT molecular complexity index is 604. The fraction of sp³-hybridized carbons (Fsp3) is 0.636. The second kappa shape index (κ2) is 13.2. The van der Waals surface area contributed by atoms with Crippen LogP contribution in [0.5, 0.6) is 0 Å². The largest absolute Gasteiger partial charge is 0.445 e. The van der Waals surface area contributed by atoms with E-state index in [1.165, 1.54) is 0 Å². The van der Waals surface area contributed by atoms with Crippen molar-refractivity contribution >= 4 is 12.0 Å². The van der Waals surface area contributed by atoms with Crippen molar-refractivity contribution in [2.45, 2.75) is 65.5 Å². The molecule has 0 aliphatic carbocycles. The van der Waals surface area contributed by atoms with E-state index < -0.39 is 18.4 Å². The molecule has 0 heterocycles. The van der Waals surface area contributed by atoms with Crippen molar-refractivity contribution in [2.75, 3.05) is 14.2 Å². The van der Waals surface area contributed by atoms with Gasteiger partial charge in [-0.05, 0) is 23.8 Å². The maximum Gasteiger partial charge on any atom is 0.408 e. The van der Waals surface area contributed by atoms with E-state index in [-0.39, 0.29) is 30.4 Å². The molecule has 1 aromatic carbocycles. The fourth-order valence-electron chi connectivity index (χ4n) is 3.00. The number of ether oxygens (including phenoxy) is 3. The number of nitrogens with one attached hydrogen (secondary N) is 2. The predicted octanol–water partition coefficient (Wildman–Crippen LogP) is 3.48. The Kier molecular flexibility index (Phi) is 11.3. The van der Waals surface area contributed by atoms with Crippen molar-refractivity contribution in [1.29, 1.82) is 0 Å². The number of carbonyl (C=O) groups is 2. The van der Waals surface area contributed by atoms with Crippen LogP contribution in [-0.2, 0) is 25.6 Å². The molecule has 0 radical (unpaired) electrons. The lowest BCUT2D eigenvalue weighted by molar-refractivity contribution is -0.144. The molecule has 164 valence electrons. The van der Waals surface area contributed by atoms with E-state index in [0.29, 0.717) is 6.42 Å². The van der Waals surface area contributed by atoms with E-state index in [9.17, 15) is 9.59 Å². The third kappa shape index (κ3) is 8.83. The van der Waals surface area contributed by atoms with Gasteiger partial charge in [0.25, 0.3) is 0 Å². The minimum Gasteiger partial charge on any atom is -0.445 e. The zero-order valence-electron chi connectivity index (χ0n) is 18.4. The van der Waals surface area contributed by atoms with Crippen molar-refractivity contribution < 1.29 is 23.8 Å². The molecule has 1 aromatic rings. The molecule has 3 atom stereocenters. The first-order valence-electron chi connectivity index (χ1n) is 10.1. The molecule has 0 spiro atoms. The zero-order valence-corrected chi connectivity index (χ0v) is 18.4. The molecule has 2 unspecified atom stereocenters. The summed E-state index contributed by atoms with van der Waals surface area (Å²) < 4.78 is 16.0. The normalized spacial score (nSPS) is 14.3. The summed E-state index contributed by atoms with van der Waals surface area (Å²) in [6, 6.07) is 8.35. The molecule has 0 saturated carbocycles. The monoisotopic (exact) mass is 408 g/mol. The standard InChI is InChI=1S/C22H36N2O5/c1-7-16(4)19(21(27-5)28-6)24-20(25)18(13-15(2)3)23-22(26)29-14-17-11-9-8-10-12-17/h8-12,15-16,18-19,21H,7,13-14H2,1-6H3,(H,23,26)(H,24,25)/t16?,18-,19?/m0/s1. The van der Waals surface area contributed by atoms with Crippen LogP contribution in [0.2, 0.25) is 0 Å². The van der Waals surface area contributed by atoms with Crippen LogP contribution in [0.1, 0.15) is 46.1 Å². The van der Waals surface area contributed by atoms with Crippen molar-refractivity contribution in [2.24, 2.45) is 11.8 Å². The second-order valence-electron chi connectivity index (χ2n) is 7.65. The Morgan fingerprint density at radius 1 is 1.00 bits per heavy atom. The van der Waals surface area contributed by atoms with E-state index in [2.05, 4.69) is 10.6 Å². The van der Waals surface area contributed by atoms with E-state index in [1.54, 1.807) is 14.2 Å². The van der Waals surface area contributed by atoms with Crippen LogP contribution in [0, 0.1) is 11.8 Å². The summed E-state index contributed by atoms with van der Waals surface area (Å²) in [5, 5.41) is 5.70. The van der Waals surface area contributed by atoms with E-state index in [0.717, 1.165) is 12.0 Å². The number of rotatable bonds is 12. The van der Waals surface area contributed by atoms with Gasteiger partial charge >= 0.3 is 6.09 Å². The number of carbonyl (C=O) groups excluding carboxylic acids is 2. The highest BCUT2D eigenvalue weighted by atomic mass is 16.7. The number of methoxy groups -OCH3 is 2. The van der Waals surface area contributed by atoms with Gasteiger partial charge in [-0.3, -0.25) is 4.79 Å². The van der Waals surface area contributed by atoms with Gasteiger partial charge in [0, 0.05) is 14.2 Å². The van der Waals surface area contributed by atoms with E-state index in [4.69, 9.17) is 14.2 Å². The molecule has 29 heavy (non-hydrogen) atoms. The lowest BCUT2D eigenvalue weighted by Crippen LogP contribution is -2.55. The molecule has 0 bridgehead atoms. The Hall–Kier alpha value is -2.12.